The molecule has 14 heavy (non-hydrogen) atoms. The minimum absolute atomic E-state index is 0.904. The molecule has 0 fully saturated rings. The number of ether oxygens (including phenoxy) is 1. The number of hydrogen-bond donors (Lipinski definition) is 2. The maximum atomic E-state index is 7.00. The van der Waals surface area contributed by atoms with Crippen LogP contribution in [-0.4, -0.2) is 24.3 Å². The maximum Gasteiger partial charge on any atom is 0.123 e. The zero-order valence-electron chi connectivity index (χ0n) is 9.66. The first-order valence-corrected chi connectivity index (χ1v) is 4.66. The zero-order valence-corrected chi connectivity index (χ0v) is 9.66. The molecule has 0 radical (unpaired) electrons. The van der Waals surface area contributed by atoms with Crippen LogP contribution < -0.4 is 0 Å². The third-order valence-corrected chi connectivity index (χ3v) is 1.36. The van der Waals surface area contributed by atoms with Crippen molar-refractivity contribution in [2.45, 2.75) is 20.8 Å². The highest BCUT2D eigenvalue weighted by Crippen LogP contribution is 2.12. The van der Waals surface area contributed by atoms with Crippen LogP contribution in [0.2, 0.25) is 0 Å². The fourth-order valence-electron chi connectivity index (χ4n) is 0.880. The van der Waals surface area contributed by atoms with E-state index in [9.17, 15) is 0 Å². The van der Waals surface area contributed by atoms with Gasteiger partial charge >= 0.3 is 0 Å². The molecule has 3 nitrogen and oxygen atoms in total. The van der Waals surface area contributed by atoms with Gasteiger partial charge in [-0.1, -0.05) is 13.8 Å². The van der Waals surface area contributed by atoms with E-state index in [1.54, 1.807) is 7.11 Å². The first-order chi connectivity index (χ1) is 6.88. The van der Waals surface area contributed by atoms with Crippen molar-refractivity contribution in [2.75, 3.05) is 14.2 Å². The summed E-state index contributed by atoms with van der Waals surface area (Å²) in [5.74, 6) is 0.904. The summed E-state index contributed by atoms with van der Waals surface area (Å²) in [4.78, 5) is 2.96. The van der Waals surface area contributed by atoms with Crippen LogP contribution in [0, 0.1) is 0 Å². The third-order valence-electron chi connectivity index (χ3n) is 1.36. The van der Waals surface area contributed by atoms with E-state index in [1.165, 1.54) is 0 Å². The fourth-order valence-corrected chi connectivity index (χ4v) is 0.880. The van der Waals surface area contributed by atoms with Gasteiger partial charge in [0, 0.05) is 25.1 Å². The summed E-state index contributed by atoms with van der Waals surface area (Å²) in [6.07, 6.45) is 5.71. The van der Waals surface area contributed by atoms with E-state index in [0.717, 1.165) is 18.4 Å². The molecule has 1 aromatic heterocycles. The van der Waals surface area contributed by atoms with E-state index in [4.69, 9.17) is 9.84 Å². The summed E-state index contributed by atoms with van der Waals surface area (Å²) in [6, 6.07) is 1.97. The lowest BCUT2D eigenvalue weighted by Crippen LogP contribution is -1.82. The SMILES string of the molecule is C/C=C(\OC)c1cc[nH]c1.CC.CO. The molecule has 0 atom stereocenters. The van der Waals surface area contributed by atoms with E-state index in [2.05, 4.69) is 4.98 Å². The smallest absolute Gasteiger partial charge is 0.123 e. The second-order valence-electron chi connectivity index (χ2n) is 1.96. The third kappa shape index (κ3) is 5.43. The van der Waals surface area contributed by atoms with Gasteiger partial charge in [0.15, 0.2) is 0 Å². The Hall–Kier alpha value is -1.22. The topological polar surface area (TPSA) is 45.2 Å². The second kappa shape index (κ2) is 11.8. The van der Waals surface area contributed by atoms with Crippen LogP contribution in [0.3, 0.4) is 0 Å². The molecule has 1 aromatic rings. The molecular weight excluding hydrogens is 178 g/mol. The standard InChI is InChI=1S/C8H11NO.C2H6.CH4O/c1-3-8(10-2)7-4-5-9-6-7;2*1-2/h3-6,9H,1-2H3;1-2H3;2H,1H3/b8-3-;;. The predicted molar refractivity (Wildman–Crippen MR) is 60.9 cm³/mol. The van der Waals surface area contributed by atoms with Gasteiger partial charge in [0.25, 0.3) is 0 Å². The quantitative estimate of drug-likeness (QED) is 0.719. The molecule has 2 N–H and O–H groups in total. The Balaban J connectivity index is 0. The van der Waals surface area contributed by atoms with E-state index in [1.807, 2.05) is 45.3 Å². The monoisotopic (exact) mass is 199 g/mol. The van der Waals surface area contributed by atoms with E-state index in [0.29, 0.717) is 0 Å². The number of aromatic amines is 1. The number of rotatable bonds is 2. The normalized spacial score (nSPS) is 9.14. The van der Waals surface area contributed by atoms with E-state index >= 15 is 0 Å². The molecule has 0 bridgehead atoms. The van der Waals surface area contributed by atoms with Crippen LogP contribution in [0.15, 0.2) is 24.5 Å². The van der Waals surface area contributed by atoms with Crippen molar-refractivity contribution in [3.63, 3.8) is 0 Å². The van der Waals surface area contributed by atoms with Crippen molar-refractivity contribution in [1.82, 2.24) is 4.98 Å². The molecule has 0 aliphatic rings. The van der Waals surface area contributed by atoms with Gasteiger partial charge < -0.3 is 14.8 Å². The summed E-state index contributed by atoms with van der Waals surface area (Å²) >= 11 is 0. The number of aliphatic hydroxyl groups is 1. The highest BCUT2D eigenvalue weighted by Gasteiger charge is 1.96. The predicted octanol–water partition coefficient (Wildman–Crippen LogP) is 2.66. The molecule has 82 valence electrons. The number of allylic oxidation sites excluding steroid dienone is 1. The molecule has 0 aliphatic carbocycles. The van der Waals surface area contributed by atoms with Crippen LogP contribution in [0.4, 0.5) is 0 Å². The van der Waals surface area contributed by atoms with E-state index in [-0.39, 0.29) is 0 Å². The highest BCUT2D eigenvalue weighted by molar-refractivity contribution is 5.58. The fraction of sp³-hybridized carbons (Fsp3) is 0.455. The lowest BCUT2D eigenvalue weighted by Gasteiger charge is -2.00. The molecule has 3 heteroatoms. The molecule has 1 heterocycles. The molecule has 0 unspecified atom stereocenters. The molecule has 0 saturated carbocycles. The molecule has 0 saturated heterocycles. The number of nitrogens with one attached hydrogen (secondary N) is 1. The van der Waals surface area contributed by atoms with Gasteiger partial charge in [-0.15, -0.1) is 0 Å². The van der Waals surface area contributed by atoms with Crippen LogP contribution in [0.1, 0.15) is 26.3 Å². The van der Waals surface area contributed by atoms with Crippen molar-refractivity contribution in [2.24, 2.45) is 0 Å². The number of aromatic nitrogens is 1. The van der Waals surface area contributed by atoms with Gasteiger partial charge in [0.1, 0.15) is 5.76 Å². The van der Waals surface area contributed by atoms with Crippen molar-refractivity contribution in [3.8, 4) is 0 Å². The van der Waals surface area contributed by atoms with Gasteiger partial charge in [0.05, 0.1) is 7.11 Å². The van der Waals surface area contributed by atoms with Gasteiger partial charge in [-0.2, -0.15) is 0 Å². The second-order valence-corrected chi connectivity index (χ2v) is 1.96. The number of hydrogen-bond acceptors (Lipinski definition) is 2. The van der Waals surface area contributed by atoms with Gasteiger partial charge in [-0.05, 0) is 19.1 Å². The first kappa shape index (κ1) is 15.3. The van der Waals surface area contributed by atoms with Crippen LogP contribution in [0.25, 0.3) is 5.76 Å². The van der Waals surface area contributed by atoms with Crippen LogP contribution in [-0.2, 0) is 4.74 Å². The lowest BCUT2D eigenvalue weighted by molar-refractivity contribution is 0.369. The first-order valence-electron chi connectivity index (χ1n) is 4.66. The number of H-pyrrole nitrogens is 1. The summed E-state index contributed by atoms with van der Waals surface area (Å²) in [7, 11) is 2.67. The minimum atomic E-state index is 0.904. The molecule has 0 aromatic carbocycles. The largest absolute Gasteiger partial charge is 0.496 e. The Morgan fingerprint density at radius 2 is 2.00 bits per heavy atom. The Morgan fingerprint density at radius 1 is 1.43 bits per heavy atom. The zero-order chi connectivity index (χ0) is 11.4. The average molecular weight is 199 g/mol. The van der Waals surface area contributed by atoms with Gasteiger partial charge in [-0.25, -0.2) is 0 Å². The maximum absolute atomic E-state index is 7.00. The van der Waals surface area contributed by atoms with Gasteiger partial charge in [0.2, 0.25) is 0 Å². The molecule has 0 aliphatic heterocycles. The molecule has 1 rings (SSSR count). The Bertz CT molecular complexity index is 215. The summed E-state index contributed by atoms with van der Waals surface area (Å²) < 4.78 is 5.08. The molecular formula is C11H21NO2. The molecule has 0 spiro atoms. The Morgan fingerprint density at radius 3 is 2.29 bits per heavy atom. The Kier molecular flexibility index (Phi) is 12.8. The van der Waals surface area contributed by atoms with E-state index < -0.39 is 0 Å². The van der Waals surface area contributed by atoms with Crippen molar-refractivity contribution in [3.05, 3.63) is 30.1 Å². The Labute approximate surface area is 86.4 Å². The summed E-state index contributed by atoms with van der Waals surface area (Å²) in [6.45, 7) is 5.95. The van der Waals surface area contributed by atoms with Gasteiger partial charge in [-0.3, -0.25) is 0 Å². The lowest BCUT2D eigenvalue weighted by atomic mass is 10.3. The average Bonchev–Trinajstić information content (AvgIpc) is 2.79. The highest BCUT2D eigenvalue weighted by atomic mass is 16.5. The molecule has 0 amide bonds. The number of methoxy groups -OCH3 is 1. The number of aliphatic hydroxyl groups excluding tert-OH is 1. The summed E-state index contributed by atoms with van der Waals surface area (Å²) in [5.41, 5.74) is 1.09. The van der Waals surface area contributed by atoms with Crippen molar-refractivity contribution < 1.29 is 9.84 Å². The van der Waals surface area contributed by atoms with Crippen LogP contribution >= 0.6 is 0 Å². The van der Waals surface area contributed by atoms with Crippen molar-refractivity contribution in [1.29, 1.82) is 0 Å². The minimum Gasteiger partial charge on any atom is -0.496 e. The summed E-state index contributed by atoms with van der Waals surface area (Å²) in [5, 5.41) is 7.00. The van der Waals surface area contributed by atoms with Crippen molar-refractivity contribution >= 4 is 5.76 Å². The van der Waals surface area contributed by atoms with Crippen LogP contribution in [0.5, 0.6) is 0 Å².